The van der Waals surface area contributed by atoms with E-state index >= 15 is 0 Å². The third kappa shape index (κ3) is 7.95. The summed E-state index contributed by atoms with van der Waals surface area (Å²) in [5.74, 6) is 3.51. The minimum absolute atomic E-state index is 0.0841. The maximum Gasteiger partial charge on any atom is 0.457 e. The molecule has 0 bridgehead atoms. The number of ether oxygens (including phenoxy) is 1. The fraction of sp³-hybridized carbons (Fsp3) is 0.778. The first-order chi connectivity index (χ1) is 15.3. The van der Waals surface area contributed by atoms with Gasteiger partial charge in [-0.25, -0.2) is 0 Å². The van der Waals surface area contributed by atoms with Crippen LogP contribution < -0.4 is 4.74 Å². The van der Waals surface area contributed by atoms with Crippen molar-refractivity contribution in [2.75, 3.05) is 0 Å². The summed E-state index contributed by atoms with van der Waals surface area (Å²) in [5.41, 5.74) is 1.07. The molecule has 0 aliphatic heterocycles. The van der Waals surface area contributed by atoms with E-state index < -0.39 is 12.5 Å². The van der Waals surface area contributed by atoms with Crippen molar-refractivity contribution in [2.24, 2.45) is 23.7 Å². The molecule has 2 fully saturated rings. The summed E-state index contributed by atoms with van der Waals surface area (Å²) in [6, 6.07) is 6.37. The van der Waals surface area contributed by atoms with Gasteiger partial charge in [0.1, 0.15) is 5.75 Å². The quantitative estimate of drug-likeness (QED) is 0.252. The van der Waals surface area contributed by atoms with Crippen LogP contribution in [-0.4, -0.2) is 12.5 Å². The van der Waals surface area contributed by atoms with Gasteiger partial charge in [-0.1, -0.05) is 70.4 Å². The van der Waals surface area contributed by atoms with Gasteiger partial charge in [-0.05, 0) is 79.9 Å². The number of alkyl halides is 4. The number of rotatable bonds is 10. The minimum atomic E-state index is -4.99. The van der Waals surface area contributed by atoms with Gasteiger partial charge in [-0.3, -0.25) is 0 Å². The predicted molar refractivity (Wildman–Crippen MR) is 121 cm³/mol. The van der Waals surface area contributed by atoms with Crippen LogP contribution in [0.25, 0.3) is 0 Å². The molecule has 1 nitrogen and oxygen atoms in total. The van der Waals surface area contributed by atoms with E-state index in [2.05, 4.69) is 11.7 Å². The van der Waals surface area contributed by atoms with E-state index in [4.69, 9.17) is 0 Å². The van der Waals surface area contributed by atoms with Gasteiger partial charge in [0.05, 0.1) is 0 Å². The van der Waals surface area contributed by atoms with Crippen molar-refractivity contribution in [1.29, 1.82) is 0 Å². The average Bonchev–Trinajstić information content (AvgIpc) is 2.79. The third-order valence-electron chi connectivity index (χ3n) is 7.93. The second-order valence-corrected chi connectivity index (χ2v) is 10.2. The first kappa shape index (κ1) is 25.4. The molecule has 32 heavy (non-hydrogen) atoms. The summed E-state index contributed by atoms with van der Waals surface area (Å²) in [5, 5.41) is 0. The van der Waals surface area contributed by atoms with Crippen molar-refractivity contribution in [2.45, 2.75) is 109 Å². The molecule has 1 aromatic carbocycles. The number of unbranched alkanes of at least 4 members (excludes halogenated alkanes) is 2. The zero-order valence-electron chi connectivity index (χ0n) is 19.5. The number of hydrogen-bond donors (Lipinski definition) is 0. The zero-order chi connectivity index (χ0) is 23.0. The van der Waals surface area contributed by atoms with E-state index in [1.807, 2.05) is 0 Å². The largest absolute Gasteiger partial charge is 0.457 e. The predicted octanol–water partition coefficient (Wildman–Crippen LogP) is 9.05. The number of benzene rings is 1. The van der Waals surface area contributed by atoms with Crippen molar-refractivity contribution < 1.29 is 22.3 Å². The van der Waals surface area contributed by atoms with Crippen LogP contribution in [0.2, 0.25) is 0 Å². The summed E-state index contributed by atoms with van der Waals surface area (Å²) >= 11 is 0. The molecular weight excluding hydrogens is 416 g/mol. The fourth-order valence-electron chi connectivity index (χ4n) is 5.87. The molecule has 1 aromatic rings. The Morgan fingerprint density at radius 1 is 0.812 bits per heavy atom. The molecule has 2 aliphatic rings. The SMILES string of the molecule is CCCCCC1CCC(C2CCC(CCc3ccc(OC(F)C(F)(F)F)cc3)CC2)CC1. The Hall–Kier alpha value is -1.26. The highest BCUT2D eigenvalue weighted by molar-refractivity contribution is 5.27. The Labute approximate surface area is 191 Å². The molecule has 3 rings (SSSR count). The molecule has 0 spiro atoms. The Morgan fingerprint density at radius 3 is 1.84 bits per heavy atom. The molecule has 182 valence electrons. The van der Waals surface area contributed by atoms with Gasteiger partial charge >= 0.3 is 12.5 Å². The Kier molecular flexibility index (Phi) is 9.73. The fourth-order valence-corrected chi connectivity index (χ4v) is 5.87. The van der Waals surface area contributed by atoms with Crippen molar-refractivity contribution in [3.63, 3.8) is 0 Å². The van der Waals surface area contributed by atoms with E-state index in [1.54, 1.807) is 12.1 Å². The summed E-state index contributed by atoms with van der Waals surface area (Å²) in [7, 11) is 0. The Balaban J connectivity index is 1.33. The summed E-state index contributed by atoms with van der Waals surface area (Å²) < 4.78 is 54.1. The Bertz CT molecular complexity index is 641. The van der Waals surface area contributed by atoms with E-state index in [9.17, 15) is 17.6 Å². The van der Waals surface area contributed by atoms with E-state index in [-0.39, 0.29) is 5.75 Å². The first-order valence-corrected chi connectivity index (χ1v) is 12.8. The molecular formula is C27H40F4O. The van der Waals surface area contributed by atoms with Crippen LogP contribution >= 0.6 is 0 Å². The second-order valence-electron chi connectivity index (χ2n) is 10.2. The summed E-state index contributed by atoms with van der Waals surface area (Å²) in [6.45, 7) is 2.28. The highest BCUT2D eigenvalue weighted by Gasteiger charge is 2.42. The first-order valence-electron chi connectivity index (χ1n) is 12.8. The lowest BCUT2D eigenvalue weighted by Crippen LogP contribution is -2.29. The van der Waals surface area contributed by atoms with Crippen LogP contribution in [0, 0.1) is 23.7 Å². The lowest BCUT2D eigenvalue weighted by atomic mass is 9.68. The van der Waals surface area contributed by atoms with Crippen LogP contribution in [0.1, 0.15) is 96.0 Å². The molecule has 1 atom stereocenters. The maximum atomic E-state index is 13.0. The molecule has 0 aromatic heterocycles. The highest BCUT2D eigenvalue weighted by Crippen LogP contribution is 2.43. The van der Waals surface area contributed by atoms with Crippen molar-refractivity contribution in [1.82, 2.24) is 0 Å². The summed E-state index contributed by atoms with van der Waals surface area (Å²) in [6.07, 6.45) is 10.4. The summed E-state index contributed by atoms with van der Waals surface area (Å²) in [4.78, 5) is 0. The van der Waals surface area contributed by atoms with Crippen molar-refractivity contribution >= 4 is 0 Å². The highest BCUT2D eigenvalue weighted by atomic mass is 19.4. The van der Waals surface area contributed by atoms with Gasteiger partial charge in [0.2, 0.25) is 0 Å². The molecule has 5 heteroatoms. The monoisotopic (exact) mass is 456 g/mol. The number of aryl methyl sites for hydroxylation is 1. The third-order valence-corrected chi connectivity index (χ3v) is 7.93. The van der Waals surface area contributed by atoms with Crippen LogP contribution in [-0.2, 0) is 6.42 Å². The lowest BCUT2D eigenvalue weighted by Gasteiger charge is -2.38. The normalized spacial score (nSPS) is 27.8. The van der Waals surface area contributed by atoms with E-state index in [0.717, 1.165) is 42.1 Å². The minimum Gasteiger partial charge on any atom is -0.452 e. The average molecular weight is 457 g/mol. The zero-order valence-corrected chi connectivity index (χ0v) is 19.5. The van der Waals surface area contributed by atoms with Gasteiger partial charge < -0.3 is 4.74 Å². The molecule has 0 amide bonds. The lowest BCUT2D eigenvalue weighted by molar-refractivity contribution is -0.236. The second kappa shape index (κ2) is 12.3. The molecule has 0 N–H and O–H groups in total. The molecule has 0 saturated heterocycles. The van der Waals surface area contributed by atoms with E-state index in [1.165, 1.54) is 89.2 Å². The van der Waals surface area contributed by atoms with Gasteiger partial charge in [-0.15, -0.1) is 0 Å². The van der Waals surface area contributed by atoms with Gasteiger partial charge in [0, 0.05) is 0 Å². The van der Waals surface area contributed by atoms with Gasteiger partial charge in [0.25, 0.3) is 0 Å². The van der Waals surface area contributed by atoms with Gasteiger partial charge in [-0.2, -0.15) is 17.6 Å². The van der Waals surface area contributed by atoms with E-state index in [0.29, 0.717) is 0 Å². The van der Waals surface area contributed by atoms with Crippen LogP contribution in [0.3, 0.4) is 0 Å². The van der Waals surface area contributed by atoms with Crippen LogP contribution in [0.4, 0.5) is 17.6 Å². The molecule has 0 heterocycles. The number of hydrogen-bond acceptors (Lipinski definition) is 1. The molecule has 2 saturated carbocycles. The molecule has 1 unspecified atom stereocenters. The van der Waals surface area contributed by atoms with Gasteiger partial charge in [0.15, 0.2) is 0 Å². The Morgan fingerprint density at radius 2 is 1.34 bits per heavy atom. The van der Waals surface area contributed by atoms with Crippen molar-refractivity contribution in [3.8, 4) is 5.75 Å². The maximum absolute atomic E-state index is 13.0. The smallest absolute Gasteiger partial charge is 0.452 e. The molecule has 2 aliphatic carbocycles. The van der Waals surface area contributed by atoms with Crippen LogP contribution in [0.15, 0.2) is 24.3 Å². The topological polar surface area (TPSA) is 9.23 Å². The number of halogens is 4. The van der Waals surface area contributed by atoms with Crippen molar-refractivity contribution in [3.05, 3.63) is 29.8 Å². The standard InChI is InChI=1S/C27H40F4O/c1-2-3-4-5-20-8-14-23(15-9-20)24-16-10-21(11-17-24)6-7-22-12-18-25(19-13-22)32-26(28)27(29,30)31/h12-13,18-21,23-24,26H,2-11,14-17H2,1H3. The molecule has 0 radical (unpaired) electrons. The van der Waals surface area contributed by atoms with Crippen LogP contribution in [0.5, 0.6) is 5.75 Å².